The summed E-state index contributed by atoms with van der Waals surface area (Å²) in [5.41, 5.74) is 2.80. The summed E-state index contributed by atoms with van der Waals surface area (Å²) >= 11 is 0. The number of likely N-dealkylation sites (N-methyl/N-ethyl adjacent to an activating group) is 2. The topological polar surface area (TPSA) is 32.8 Å². The van der Waals surface area contributed by atoms with Gasteiger partial charge in [-0.2, -0.15) is 0 Å². The van der Waals surface area contributed by atoms with Gasteiger partial charge in [-0.25, -0.2) is 0 Å². The van der Waals surface area contributed by atoms with Crippen LogP contribution in [-0.4, -0.2) is 52.0 Å². The molecule has 4 heteroatoms. The number of ketones is 1. The number of anilines is 1. The third-order valence-electron chi connectivity index (χ3n) is 4.00. The minimum absolute atomic E-state index is 0.0194. The van der Waals surface area contributed by atoms with Gasteiger partial charge in [0.15, 0.2) is 5.78 Å². The summed E-state index contributed by atoms with van der Waals surface area (Å²) in [5.74, 6) is 0.725. The molecular formula is C21H26N2O2. The number of carbonyl (C=O) groups is 1. The first-order chi connectivity index (χ1) is 12.0. The van der Waals surface area contributed by atoms with Crippen LogP contribution < -0.4 is 9.64 Å². The van der Waals surface area contributed by atoms with Crippen LogP contribution in [0.1, 0.15) is 15.9 Å². The van der Waals surface area contributed by atoms with Crippen LogP contribution in [0.25, 0.3) is 6.08 Å². The van der Waals surface area contributed by atoms with Crippen LogP contribution in [0.3, 0.4) is 0 Å². The monoisotopic (exact) mass is 338 g/mol. The van der Waals surface area contributed by atoms with Gasteiger partial charge in [-0.3, -0.25) is 4.79 Å². The predicted octanol–water partition coefficient (Wildman–Crippen LogP) is 3.59. The minimum atomic E-state index is -0.0194. The Kier molecular flexibility index (Phi) is 6.78. The largest absolute Gasteiger partial charge is 0.497 e. The molecule has 0 atom stereocenters. The smallest absolute Gasteiger partial charge is 0.185 e. The maximum atomic E-state index is 12.3. The molecule has 132 valence electrons. The number of allylic oxidation sites excluding steroid dienone is 1. The Hall–Kier alpha value is -2.59. The first kappa shape index (κ1) is 18.7. The molecule has 0 N–H and O–H groups in total. The number of nitrogens with zero attached hydrogens (tertiary/aromatic N) is 2. The molecule has 0 saturated heterocycles. The third-order valence-corrected chi connectivity index (χ3v) is 4.00. The number of hydrogen-bond donors (Lipinski definition) is 0. The normalized spacial score (nSPS) is 11.1. The highest BCUT2D eigenvalue weighted by Crippen LogP contribution is 2.17. The summed E-state index contributed by atoms with van der Waals surface area (Å²) in [5, 5.41) is 0. The molecule has 0 aliphatic rings. The van der Waals surface area contributed by atoms with Crippen LogP contribution >= 0.6 is 0 Å². The van der Waals surface area contributed by atoms with Crippen molar-refractivity contribution in [2.24, 2.45) is 0 Å². The van der Waals surface area contributed by atoms with Crippen molar-refractivity contribution in [3.05, 3.63) is 65.7 Å². The molecular weight excluding hydrogens is 312 g/mol. The second-order valence-corrected chi connectivity index (χ2v) is 6.25. The summed E-state index contributed by atoms with van der Waals surface area (Å²) < 4.78 is 5.11. The van der Waals surface area contributed by atoms with Gasteiger partial charge in [-0.15, -0.1) is 0 Å². The standard InChI is InChI=1S/C21H26N2O2/c1-22(2)14-15-23(3)19-7-5-6-17(16-19)8-13-21(24)18-9-11-20(25-4)12-10-18/h5-13,16H,14-15H2,1-4H3/b13-8+. The van der Waals surface area contributed by atoms with E-state index >= 15 is 0 Å². The van der Waals surface area contributed by atoms with E-state index in [-0.39, 0.29) is 5.78 Å². The molecule has 0 amide bonds. The van der Waals surface area contributed by atoms with Crippen molar-refractivity contribution >= 4 is 17.5 Å². The highest BCUT2D eigenvalue weighted by Gasteiger charge is 2.04. The predicted molar refractivity (Wildman–Crippen MR) is 105 cm³/mol. The third kappa shape index (κ3) is 5.76. The Balaban J connectivity index is 2.04. The van der Waals surface area contributed by atoms with E-state index in [0.29, 0.717) is 5.56 Å². The lowest BCUT2D eigenvalue weighted by Crippen LogP contribution is -2.28. The number of carbonyl (C=O) groups excluding carboxylic acids is 1. The van der Waals surface area contributed by atoms with Crippen LogP contribution in [0.15, 0.2) is 54.6 Å². The van der Waals surface area contributed by atoms with Gasteiger partial charge < -0.3 is 14.5 Å². The van der Waals surface area contributed by atoms with Crippen molar-refractivity contribution < 1.29 is 9.53 Å². The van der Waals surface area contributed by atoms with Crippen molar-refractivity contribution in [3.8, 4) is 5.75 Å². The molecule has 2 aromatic rings. The summed E-state index contributed by atoms with van der Waals surface area (Å²) in [7, 11) is 7.82. The molecule has 2 aromatic carbocycles. The average molecular weight is 338 g/mol. The van der Waals surface area contributed by atoms with E-state index in [1.807, 2.05) is 18.2 Å². The van der Waals surface area contributed by atoms with Gasteiger partial charge in [-0.05, 0) is 62.1 Å². The second kappa shape index (κ2) is 9.04. The van der Waals surface area contributed by atoms with Crippen LogP contribution in [-0.2, 0) is 0 Å². The van der Waals surface area contributed by atoms with E-state index in [4.69, 9.17) is 4.74 Å². The maximum absolute atomic E-state index is 12.3. The van der Waals surface area contributed by atoms with Gasteiger partial charge in [0.1, 0.15) is 5.75 Å². The zero-order valence-electron chi connectivity index (χ0n) is 15.4. The number of methoxy groups -OCH3 is 1. The molecule has 0 fully saturated rings. The molecule has 0 aromatic heterocycles. The zero-order valence-corrected chi connectivity index (χ0v) is 15.4. The van der Waals surface area contributed by atoms with E-state index in [9.17, 15) is 4.79 Å². The number of hydrogen-bond acceptors (Lipinski definition) is 4. The van der Waals surface area contributed by atoms with Gasteiger partial charge >= 0.3 is 0 Å². The fourth-order valence-electron chi connectivity index (χ4n) is 2.37. The SMILES string of the molecule is COc1ccc(C(=O)/C=C/c2cccc(N(C)CCN(C)C)c2)cc1. The summed E-state index contributed by atoms with van der Waals surface area (Å²) in [4.78, 5) is 16.6. The first-order valence-electron chi connectivity index (χ1n) is 8.32. The molecule has 0 unspecified atom stereocenters. The van der Waals surface area contributed by atoms with Gasteiger partial charge in [-0.1, -0.05) is 18.2 Å². The van der Waals surface area contributed by atoms with E-state index in [1.165, 1.54) is 0 Å². The summed E-state index contributed by atoms with van der Waals surface area (Å²) in [6.45, 7) is 1.94. The second-order valence-electron chi connectivity index (χ2n) is 6.25. The molecule has 0 spiro atoms. The molecule has 0 aliphatic heterocycles. The Bertz CT molecular complexity index is 721. The Labute approximate surface area is 150 Å². The van der Waals surface area contributed by atoms with Crippen molar-refractivity contribution in [2.45, 2.75) is 0 Å². The lowest BCUT2D eigenvalue weighted by Gasteiger charge is -2.21. The Morgan fingerprint density at radius 3 is 2.40 bits per heavy atom. The van der Waals surface area contributed by atoms with Crippen LogP contribution in [0.5, 0.6) is 5.75 Å². The molecule has 0 bridgehead atoms. The molecule has 2 rings (SSSR count). The number of ether oxygens (including phenoxy) is 1. The summed E-state index contributed by atoms with van der Waals surface area (Å²) in [6.07, 6.45) is 3.47. The Morgan fingerprint density at radius 1 is 1.04 bits per heavy atom. The number of benzene rings is 2. The fraction of sp³-hybridized carbons (Fsp3) is 0.286. The lowest BCUT2D eigenvalue weighted by molar-refractivity contribution is 0.104. The zero-order chi connectivity index (χ0) is 18.2. The van der Waals surface area contributed by atoms with Crippen molar-refractivity contribution in [2.75, 3.05) is 46.2 Å². The van der Waals surface area contributed by atoms with Crippen LogP contribution in [0, 0.1) is 0 Å². The maximum Gasteiger partial charge on any atom is 0.185 e. The molecule has 25 heavy (non-hydrogen) atoms. The highest BCUT2D eigenvalue weighted by molar-refractivity contribution is 6.06. The highest BCUT2D eigenvalue weighted by atomic mass is 16.5. The van der Waals surface area contributed by atoms with E-state index in [2.05, 4.69) is 43.1 Å². The first-order valence-corrected chi connectivity index (χ1v) is 8.32. The quantitative estimate of drug-likeness (QED) is 0.544. The van der Waals surface area contributed by atoms with Crippen molar-refractivity contribution in [1.82, 2.24) is 4.90 Å². The van der Waals surface area contributed by atoms with Gasteiger partial charge in [0.2, 0.25) is 0 Å². The summed E-state index contributed by atoms with van der Waals surface area (Å²) in [6, 6.07) is 15.3. The van der Waals surface area contributed by atoms with Crippen molar-refractivity contribution in [3.63, 3.8) is 0 Å². The lowest BCUT2D eigenvalue weighted by atomic mass is 10.1. The van der Waals surface area contributed by atoms with Crippen LogP contribution in [0.4, 0.5) is 5.69 Å². The number of rotatable bonds is 8. The van der Waals surface area contributed by atoms with E-state index < -0.39 is 0 Å². The molecule has 0 aliphatic carbocycles. The van der Waals surface area contributed by atoms with Crippen molar-refractivity contribution in [1.29, 1.82) is 0 Å². The molecule has 4 nitrogen and oxygen atoms in total. The fourth-order valence-corrected chi connectivity index (χ4v) is 2.37. The Morgan fingerprint density at radius 2 is 1.76 bits per heavy atom. The molecule has 0 radical (unpaired) electrons. The van der Waals surface area contributed by atoms with Crippen LogP contribution in [0.2, 0.25) is 0 Å². The van der Waals surface area contributed by atoms with Gasteiger partial charge in [0.05, 0.1) is 7.11 Å². The van der Waals surface area contributed by atoms with Gasteiger partial charge in [0, 0.05) is 31.4 Å². The van der Waals surface area contributed by atoms with E-state index in [1.54, 1.807) is 37.5 Å². The molecule has 0 saturated carbocycles. The molecule has 0 heterocycles. The van der Waals surface area contributed by atoms with E-state index in [0.717, 1.165) is 30.1 Å². The van der Waals surface area contributed by atoms with Gasteiger partial charge in [0.25, 0.3) is 0 Å². The minimum Gasteiger partial charge on any atom is -0.497 e. The average Bonchev–Trinajstić information content (AvgIpc) is 2.64.